The Balaban J connectivity index is 1.55. The minimum atomic E-state index is -0.515. The largest absolute Gasteiger partial charge is 0.206 e. The fourth-order valence-electron chi connectivity index (χ4n) is 4.94. The molecule has 0 unspecified atom stereocenters. The number of allylic oxidation sites excluding steroid dienone is 1. The Hall–Kier alpha value is -1.62. The van der Waals surface area contributed by atoms with Gasteiger partial charge in [-0.2, -0.15) is 0 Å². The zero-order valence-corrected chi connectivity index (χ0v) is 16.6. The van der Waals surface area contributed by atoms with Crippen LogP contribution in [0.1, 0.15) is 75.8 Å². The highest BCUT2D eigenvalue weighted by atomic mass is 19.1. The van der Waals surface area contributed by atoms with Crippen LogP contribution in [0.25, 0.3) is 0 Å². The Kier molecular flexibility index (Phi) is 7.11. The Morgan fingerprint density at radius 3 is 2.04 bits per heavy atom. The third-order valence-corrected chi connectivity index (χ3v) is 6.63. The van der Waals surface area contributed by atoms with E-state index in [0.29, 0.717) is 12.0 Å². The van der Waals surface area contributed by atoms with E-state index in [0.717, 1.165) is 37.0 Å². The van der Waals surface area contributed by atoms with E-state index in [1.54, 1.807) is 0 Å². The third-order valence-electron chi connectivity index (χ3n) is 6.63. The molecule has 0 atom stereocenters. The molecule has 2 aliphatic carbocycles. The average molecular weight is 371 g/mol. The van der Waals surface area contributed by atoms with Gasteiger partial charge in [0, 0.05) is 5.92 Å². The highest BCUT2D eigenvalue weighted by Gasteiger charge is 2.29. The number of hydrogen-bond donors (Lipinski definition) is 0. The third kappa shape index (κ3) is 5.22. The van der Waals surface area contributed by atoms with Gasteiger partial charge in [-0.15, -0.1) is 6.58 Å². The van der Waals surface area contributed by atoms with Gasteiger partial charge in [0.15, 0.2) is 0 Å². The molecule has 0 N–H and O–H groups in total. The van der Waals surface area contributed by atoms with Crippen LogP contribution >= 0.6 is 0 Å². The van der Waals surface area contributed by atoms with Crippen LogP contribution in [0.15, 0.2) is 24.8 Å². The van der Waals surface area contributed by atoms with Gasteiger partial charge in [0.2, 0.25) is 0 Å². The number of benzene rings is 1. The summed E-state index contributed by atoms with van der Waals surface area (Å²) in [7, 11) is 0. The van der Waals surface area contributed by atoms with E-state index < -0.39 is 11.6 Å². The van der Waals surface area contributed by atoms with Gasteiger partial charge >= 0.3 is 0 Å². The van der Waals surface area contributed by atoms with Crippen molar-refractivity contribution in [1.29, 1.82) is 0 Å². The molecule has 0 heterocycles. The average Bonchev–Trinajstić information content (AvgIpc) is 2.68. The summed E-state index contributed by atoms with van der Waals surface area (Å²) in [5, 5.41) is 0. The fraction of sp³-hybridized carbons (Fsp3) is 0.600. The second kappa shape index (κ2) is 9.54. The van der Waals surface area contributed by atoms with Crippen molar-refractivity contribution in [3.63, 3.8) is 0 Å². The maximum atomic E-state index is 14.2. The molecule has 27 heavy (non-hydrogen) atoms. The van der Waals surface area contributed by atoms with Crippen molar-refractivity contribution in [3.05, 3.63) is 47.5 Å². The quantitative estimate of drug-likeness (QED) is 0.393. The molecule has 0 amide bonds. The van der Waals surface area contributed by atoms with Gasteiger partial charge in [-0.3, -0.25) is 0 Å². The van der Waals surface area contributed by atoms with Crippen molar-refractivity contribution >= 4 is 0 Å². The Morgan fingerprint density at radius 2 is 1.52 bits per heavy atom. The van der Waals surface area contributed by atoms with Gasteiger partial charge in [-0.25, -0.2) is 8.78 Å². The van der Waals surface area contributed by atoms with Crippen LogP contribution < -0.4 is 0 Å². The Bertz CT molecular complexity index is 670. The molecule has 0 spiro atoms. The lowest BCUT2D eigenvalue weighted by Crippen LogP contribution is -2.25. The van der Waals surface area contributed by atoms with E-state index in [9.17, 15) is 8.78 Å². The summed E-state index contributed by atoms with van der Waals surface area (Å²) in [4.78, 5) is 0. The minimum absolute atomic E-state index is 0.0558. The first-order valence-corrected chi connectivity index (χ1v) is 10.7. The summed E-state index contributed by atoms with van der Waals surface area (Å²) in [6.07, 6.45) is 13.5. The first-order chi connectivity index (χ1) is 13.1. The first-order valence-electron chi connectivity index (χ1n) is 10.7. The molecule has 146 valence electrons. The van der Waals surface area contributed by atoms with Crippen molar-refractivity contribution in [2.75, 3.05) is 0 Å². The maximum absolute atomic E-state index is 14.2. The van der Waals surface area contributed by atoms with Gasteiger partial charge in [0.25, 0.3) is 0 Å². The van der Waals surface area contributed by atoms with E-state index in [1.165, 1.54) is 50.7 Å². The molecule has 2 heteroatoms. The molecule has 3 rings (SSSR count). The smallest absolute Gasteiger partial charge is 0.142 e. The summed E-state index contributed by atoms with van der Waals surface area (Å²) in [6, 6.07) is 2.88. The van der Waals surface area contributed by atoms with E-state index in [2.05, 4.69) is 24.5 Å². The number of hydrogen-bond acceptors (Lipinski definition) is 0. The molecule has 0 nitrogen and oxygen atoms in total. The zero-order chi connectivity index (χ0) is 19.2. The predicted octanol–water partition coefficient (Wildman–Crippen LogP) is 7.07. The molecule has 0 saturated heterocycles. The summed E-state index contributed by atoms with van der Waals surface area (Å²) in [5.74, 6) is 7.62. The summed E-state index contributed by atoms with van der Waals surface area (Å²) >= 11 is 0. The van der Waals surface area contributed by atoms with Gasteiger partial charge in [-0.05, 0) is 93.2 Å². The van der Waals surface area contributed by atoms with Crippen LogP contribution in [-0.4, -0.2) is 0 Å². The Morgan fingerprint density at radius 1 is 0.963 bits per heavy atom. The summed E-state index contributed by atoms with van der Waals surface area (Å²) in [6.45, 7) is 5.94. The lowest BCUT2D eigenvalue weighted by molar-refractivity contribution is 0.168. The second-order valence-electron chi connectivity index (χ2n) is 8.48. The van der Waals surface area contributed by atoms with Crippen LogP contribution in [0.4, 0.5) is 8.78 Å². The summed E-state index contributed by atoms with van der Waals surface area (Å²) < 4.78 is 28.4. The summed E-state index contributed by atoms with van der Waals surface area (Å²) in [5.41, 5.74) is 0.657. The minimum Gasteiger partial charge on any atom is -0.206 e. The van der Waals surface area contributed by atoms with Crippen molar-refractivity contribution in [2.24, 2.45) is 23.7 Å². The Labute approximate surface area is 163 Å². The predicted molar refractivity (Wildman–Crippen MR) is 108 cm³/mol. The topological polar surface area (TPSA) is 0 Å². The number of aryl methyl sites for hydroxylation is 1. The fourth-order valence-corrected chi connectivity index (χ4v) is 4.94. The van der Waals surface area contributed by atoms with Gasteiger partial charge in [0.05, 0.1) is 5.56 Å². The first kappa shape index (κ1) is 20.1. The molecule has 1 aromatic rings. The van der Waals surface area contributed by atoms with E-state index in [-0.39, 0.29) is 11.5 Å². The number of rotatable bonds is 4. The van der Waals surface area contributed by atoms with Crippen molar-refractivity contribution < 1.29 is 8.78 Å². The van der Waals surface area contributed by atoms with Crippen molar-refractivity contribution in [1.82, 2.24) is 0 Å². The van der Waals surface area contributed by atoms with E-state index >= 15 is 0 Å². The van der Waals surface area contributed by atoms with Gasteiger partial charge in [-0.1, -0.05) is 31.3 Å². The normalized spacial score (nSPS) is 28.3. The molecule has 0 aromatic heterocycles. The van der Waals surface area contributed by atoms with Crippen LogP contribution in [0, 0.1) is 47.1 Å². The highest BCUT2D eigenvalue weighted by molar-refractivity contribution is 5.39. The van der Waals surface area contributed by atoms with Crippen molar-refractivity contribution in [3.8, 4) is 11.8 Å². The van der Waals surface area contributed by atoms with E-state index in [1.807, 2.05) is 6.92 Å². The van der Waals surface area contributed by atoms with Crippen LogP contribution in [0.3, 0.4) is 0 Å². The van der Waals surface area contributed by atoms with Crippen LogP contribution in [0.5, 0.6) is 0 Å². The molecule has 2 fully saturated rings. The maximum Gasteiger partial charge on any atom is 0.142 e. The molecular formula is C25H32F2. The molecule has 0 bridgehead atoms. The molecule has 2 saturated carbocycles. The lowest BCUT2D eigenvalue weighted by atomic mass is 9.69. The van der Waals surface area contributed by atoms with Crippen LogP contribution in [-0.2, 0) is 6.42 Å². The van der Waals surface area contributed by atoms with Crippen LogP contribution in [0.2, 0.25) is 0 Å². The molecule has 1 aromatic carbocycles. The second-order valence-corrected chi connectivity index (χ2v) is 8.48. The van der Waals surface area contributed by atoms with E-state index in [4.69, 9.17) is 0 Å². The SMILES string of the molecule is C=C[C@H]1CC[C@H]([C@H]2CC[C@H](C#Cc3c(F)cc(CCC)cc3F)CC2)CC1. The molecule has 2 aliphatic rings. The highest BCUT2D eigenvalue weighted by Crippen LogP contribution is 2.41. The molecular weight excluding hydrogens is 338 g/mol. The van der Waals surface area contributed by atoms with Gasteiger partial charge < -0.3 is 0 Å². The lowest BCUT2D eigenvalue weighted by Gasteiger charge is -2.36. The monoisotopic (exact) mass is 370 g/mol. The zero-order valence-electron chi connectivity index (χ0n) is 16.6. The van der Waals surface area contributed by atoms with Gasteiger partial charge in [0.1, 0.15) is 11.6 Å². The molecule has 0 radical (unpaired) electrons. The standard InChI is InChI=1S/C25H32F2/c1-3-5-20-16-24(26)23(25(27)17-20)15-10-19-8-13-22(14-9-19)21-11-6-18(4-2)7-12-21/h4,16-19,21-22H,2-3,5-9,11-14H2,1H3/t18-,19-,21-,22-. The van der Waals surface area contributed by atoms with Crippen molar-refractivity contribution in [2.45, 2.75) is 71.1 Å². The molecule has 0 aliphatic heterocycles. The number of halogens is 2.